The molecular formula is C51H52N8O7. The largest absolute Gasteiger partial charge is 0.459 e. The molecule has 0 bridgehead atoms. The molecular weight excluding hydrogens is 837 g/mol. The van der Waals surface area contributed by atoms with Gasteiger partial charge in [0.05, 0.1) is 42.2 Å². The highest BCUT2D eigenvalue weighted by Crippen LogP contribution is 2.44. The van der Waals surface area contributed by atoms with E-state index < -0.39 is 29.5 Å². The second-order valence-electron chi connectivity index (χ2n) is 16.7. The Bertz CT molecular complexity index is 2540. The number of rotatable bonds is 18. The van der Waals surface area contributed by atoms with Gasteiger partial charge >= 0.3 is 12.1 Å². The maximum Gasteiger partial charge on any atom is 0.407 e. The average molecular weight is 889 g/mol. The van der Waals surface area contributed by atoms with Crippen molar-refractivity contribution in [2.45, 2.75) is 45.1 Å². The van der Waals surface area contributed by atoms with Crippen molar-refractivity contribution in [2.24, 2.45) is 0 Å². The maximum absolute atomic E-state index is 14.1. The molecule has 1 aliphatic carbocycles. The smallest absolute Gasteiger partial charge is 0.407 e. The number of ether oxygens (including phenoxy) is 2. The van der Waals surface area contributed by atoms with Crippen molar-refractivity contribution in [1.82, 2.24) is 40.4 Å². The van der Waals surface area contributed by atoms with Crippen LogP contribution in [0.25, 0.3) is 33.9 Å². The van der Waals surface area contributed by atoms with E-state index in [9.17, 15) is 24.0 Å². The van der Waals surface area contributed by atoms with E-state index in [0.717, 1.165) is 22.3 Å². The maximum atomic E-state index is 14.1. The normalized spacial score (nSPS) is 11.7. The standard InChI is InChI=1S/C51H52N8O7/c1-51(2,3)66-49(63)33-59(48(62)31-36-28-44(42-16-8-10-20-53-42)57-45(29-36)43-17-9-11-21-54-43)26-24-55-46(60)32-58(47(61)30-35-18-22-52-23-19-35)27-25-56-50(64)65-34-41-39-14-6-4-12-37(39)38-13-5-7-15-40(38)41/h4-23,28-29,41H,24-27,30-34H2,1-3H3,(H,55,60)(H,56,64). The fourth-order valence-corrected chi connectivity index (χ4v) is 7.67. The van der Waals surface area contributed by atoms with Gasteiger partial charge in [-0.3, -0.25) is 34.1 Å². The van der Waals surface area contributed by atoms with Crippen molar-refractivity contribution < 1.29 is 33.4 Å². The molecule has 0 atom stereocenters. The number of nitrogens with zero attached hydrogens (tertiary/aromatic N) is 6. The zero-order valence-electron chi connectivity index (χ0n) is 37.2. The molecule has 1 aliphatic rings. The van der Waals surface area contributed by atoms with Crippen LogP contribution in [-0.2, 0) is 41.5 Å². The number of carbonyl (C=O) groups excluding carboxylic acids is 5. The molecule has 0 aliphatic heterocycles. The number of esters is 1. The molecule has 0 unspecified atom stereocenters. The van der Waals surface area contributed by atoms with Crippen molar-refractivity contribution >= 4 is 29.8 Å². The molecule has 7 rings (SSSR count). The van der Waals surface area contributed by atoms with Crippen LogP contribution < -0.4 is 10.6 Å². The number of amides is 4. The van der Waals surface area contributed by atoms with Crippen molar-refractivity contribution in [2.75, 3.05) is 45.9 Å². The van der Waals surface area contributed by atoms with E-state index in [2.05, 4.69) is 37.7 Å². The fraction of sp³-hybridized carbons (Fsp3) is 0.275. The van der Waals surface area contributed by atoms with Gasteiger partial charge < -0.3 is 29.9 Å². The summed E-state index contributed by atoms with van der Waals surface area (Å²) in [6.45, 7) is 4.60. The van der Waals surface area contributed by atoms with Crippen LogP contribution in [0.3, 0.4) is 0 Å². The first-order valence-corrected chi connectivity index (χ1v) is 21.8. The molecule has 0 fully saturated rings. The number of carbonyl (C=O) groups is 5. The first-order valence-electron chi connectivity index (χ1n) is 21.8. The van der Waals surface area contributed by atoms with Crippen molar-refractivity contribution in [3.63, 3.8) is 0 Å². The molecule has 2 aromatic carbocycles. The van der Waals surface area contributed by atoms with Gasteiger partial charge in [-0.1, -0.05) is 60.7 Å². The quantitative estimate of drug-likeness (QED) is 0.0959. The second kappa shape index (κ2) is 21.7. The van der Waals surface area contributed by atoms with Crippen LogP contribution >= 0.6 is 0 Å². The minimum Gasteiger partial charge on any atom is -0.459 e. The third-order valence-electron chi connectivity index (χ3n) is 10.7. The number of fused-ring (bicyclic) bond motifs is 3. The average Bonchev–Trinajstić information content (AvgIpc) is 3.63. The third kappa shape index (κ3) is 12.7. The van der Waals surface area contributed by atoms with Crippen LogP contribution in [0.15, 0.2) is 134 Å². The van der Waals surface area contributed by atoms with Crippen LogP contribution in [0.4, 0.5) is 4.79 Å². The minimum atomic E-state index is -0.799. The molecule has 4 heterocycles. The van der Waals surface area contributed by atoms with Gasteiger partial charge in [-0.05, 0) is 103 Å². The number of benzene rings is 2. The summed E-state index contributed by atoms with van der Waals surface area (Å²) in [4.78, 5) is 87.7. The molecule has 338 valence electrons. The van der Waals surface area contributed by atoms with Gasteiger partial charge in [-0.15, -0.1) is 0 Å². The lowest BCUT2D eigenvalue weighted by molar-refractivity contribution is -0.158. The second-order valence-corrected chi connectivity index (χ2v) is 16.7. The van der Waals surface area contributed by atoms with Gasteiger partial charge in [0.2, 0.25) is 17.7 Å². The Morgan fingerprint density at radius 3 is 1.70 bits per heavy atom. The van der Waals surface area contributed by atoms with E-state index >= 15 is 0 Å². The van der Waals surface area contributed by atoms with E-state index in [4.69, 9.17) is 14.5 Å². The van der Waals surface area contributed by atoms with Crippen LogP contribution in [0.5, 0.6) is 0 Å². The Kier molecular flexibility index (Phi) is 15.2. The summed E-state index contributed by atoms with van der Waals surface area (Å²) in [5.41, 5.74) is 7.23. The summed E-state index contributed by atoms with van der Waals surface area (Å²) in [5, 5.41) is 5.53. The van der Waals surface area contributed by atoms with E-state index in [1.165, 1.54) is 9.80 Å². The SMILES string of the molecule is CC(C)(C)OC(=O)CN(CCNC(=O)CN(CCNC(=O)OCC1c2ccccc2-c2ccccc21)C(=O)Cc1ccncc1)C(=O)Cc1cc(-c2ccccn2)nc(-c2ccccn2)c1. The summed E-state index contributed by atoms with van der Waals surface area (Å²) in [6.07, 6.45) is 5.72. The lowest BCUT2D eigenvalue weighted by Crippen LogP contribution is -2.47. The van der Waals surface area contributed by atoms with Crippen LogP contribution in [0.2, 0.25) is 0 Å². The van der Waals surface area contributed by atoms with E-state index in [-0.39, 0.29) is 70.5 Å². The summed E-state index contributed by atoms with van der Waals surface area (Å²) < 4.78 is 11.3. The van der Waals surface area contributed by atoms with Gasteiger partial charge in [0.15, 0.2) is 0 Å². The van der Waals surface area contributed by atoms with Gasteiger partial charge in [0, 0.05) is 56.9 Å². The van der Waals surface area contributed by atoms with E-state index in [1.807, 2.05) is 60.7 Å². The molecule has 2 N–H and O–H groups in total. The third-order valence-corrected chi connectivity index (χ3v) is 10.7. The number of hydrogen-bond acceptors (Lipinski definition) is 11. The Morgan fingerprint density at radius 2 is 1.14 bits per heavy atom. The highest BCUT2D eigenvalue weighted by molar-refractivity contribution is 5.87. The Morgan fingerprint density at radius 1 is 0.606 bits per heavy atom. The number of alkyl carbamates (subject to hydrolysis) is 1. The Labute approximate surface area is 383 Å². The summed E-state index contributed by atoms with van der Waals surface area (Å²) in [5.74, 6) is -1.98. The van der Waals surface area contributed by atoms with Crippen LogP contribution in [-0.4, -0.2) is 111 Å². The van der Waals surface area contributed by atoms with E-state index in [0.29, 0.717) is 33.9 Å². The number of aromatic nitrogens is 4. The van der Waals surface area contributed by atoms with Crippen LogP contribution in [0.1, 0.15) is 48.9 Å². The molecule has 0 spiro atoms. The summed E-state index contributed by atoms with van der Waals surface area (Å²) >= 11 is 0. The molecule has 66 heavy (non-hydrogen) atoms. The van der Waals surface area contributed by atoms with Gasteiger partial charge in [-0.25, -0.2) is 9.78 Å². The lowest BCUT2D eigenvalue weighted by atomic mass is 9.98. The Hall–Kier alpha value is -7.81. The minimum absolute atomic E-state index is 0.00197. The number of nitrogens with one attached hydrogen (secondary N) is 2. The lowest BCUT2D eigenvalue weighted by Gasteiger charge is -2.26. The summed E-state index contributed by atoms with van der Waals surface area (Å²) in [7, 11) is 0. The van der Waals surface area contributed by atoms with Crippen molar-refractivity contribution in [3.8, 4) is 33.9 Å². The monoisotopic (exact) mass is 888 g/mol. The van der Waals surface area contributed by atoms with Crippen molar-refractivity contribution in [3.05, 3.63) is 156 Å². The molecule has 4 amide bonds. The highest BCUT2D eigenvalue weighted by Gasteiger charge is 2.29. The molecule has 0 saturated heterocycles. The van der Waals surface area contributed by atoms with Gasteiger partial charge in [-0.2, -0.15) is 0 Å². The van der Waals surface area contributed by atoms with Gasteiger partial charge in [0.1, 0.15) is 18.8 Å². The van der Waals surface area contributed by atoms with Gasteiger partial charge in [0.25, 0.3) is 0 Å². The molecule has 4 aromatic heterocycles. The highest BCUT2D eigenvalue weighted by atomic mass is 16.6. The Balaban J connectivity index is 0.986. The number of hydrogen-bond donors (Lipinski definition) is 2. The summed E-state index contributed by atoms with van der Waals surface area (Å²) in [6, 6.07) is 34.0. The first kappa shape index (κ1) is 46.2. The molecule has 0 radical (unpaired) electrons. The molecule has 15 heteroatoms. The van der Waals surface area contributed by atoms with E-state index in [1.54, 1.807) is 82.0 Å². The predicted molar refractivity (Wildman–Crippen MR) is 247 cm³/mol. The zero-order valence-corrected chi connectivity index (χ0v) is 37.2. The topological polar surface area (TPSA) is 186 Å². The predicted octanol–water partition coefficient (Wildman–Crippen LogP) is 6.04. The molecule has 6 aromatic rings. The fourth-order valence-electron chi connectivity index (χ4n) is 7.67. The van der Waals surface area contributed by atoms with Crippen molar-refractivity contribution in [1.29, 1.82) is 0 Å². The number of pyridine rings is 4. The van der Waals surface area contributed by atoms with Crippen LogP contribution in [0, 0.1) is 0 Å². The zero-order chi connectivity index (χ0) is 46.5. The molecule has 0 saturated carbocycles. The molecule has 15 nitrogen and oxygen atoms in total. The first-order chi connectivity index (χ1) is 31.9.